The standard InChI is InChI=1S/C3BrF5O/c4-2(6,1(5)10)3(7,8)9/t2-/m0/s1. The Balaban J connectivity index is 4.57. The molecule has 0 unspecified atom stereocenters. The predicted octanol–water partition coefficient (Wildman–Crippen LogP) is 2.11. The van der Waals surface area contributed by atoms with E-state index < -0.39 is 16.8 Å². The Kier molecular flexibility index (Phi) is 2.40. The van der Waals surface area contributed by atoms with Gasteiger partial charge in [0.2, 0.25) is 0 Å². The van der Waals surface area contributed by atoms with E-state index in [0.29, 0.717) is 0 Å². The van der Waals surface area contributed by atoms with Crippen LogP contribution in [-0.4, -0.2) is 16.8 Å². The molecule has 0 spiro atoms. The summed E-state index contributed by atoms with van der Waals surface area (Å²) in [5, 5.41) is 0. The average molecular weight is 227 g/mol. The molecule has 0 heterocycles. The maximum atomic E-state index is 11.8. The van der Waals surface area contributed by atoms with Gasteiger partial charge in [0.25, 0.3) is 0 Å². The highest BCUT2D eigenvalue weighted by Gasteiger charge is 2.61. The van der Waals surface area contributed by atoms with E-state index in [0.717, 1.165) is 0 Å². The first-order chi connectivity index (χ1) is 4.19. The second kappa shape index (κ2) is 2.44. The van der Waals surface area contributed by atoms with Gasteiger partial charge in [-0.1, -0.05) is 0 Å². The Labute approximate surface area is 60.3 Å². The van der Waals surface area contributed by atoms with Crippen LogP contribution in [0.25, 0.3) is 0 Å². The van der Waals surface area contributed by atoms with Crippen molar-refractivity contribution in [3.8, 4) is 0 Å². The summed E-state index contributed by atoms with van der Waals surface area (Å²) >= 11 is 1.25. The first kappa shape index (κ1) is 9.80. The Bertz CT molecular complexity index is 149. The number of carbonyl (C=O) groups excluding carboxylic acids is 1. The van der Waals surface area contributed by atoms with Crippen LogP contribution in [0, 0.1) is 0 Å². The molecule has 0 aliphatic heterocycles. The average Bonchev–Trinajstić information content (AvgIpc) is 1.62. The number of hydrogen-bond acceptors (Lipinski definition) is 1. The van der Waals surface area contributed by atoms with Crippen LogP contribution in [0.15, 0.2) is 0 Å². The lowest BCUT2D eigenvalue weighted by molar-refractivity contribution is -0.200. The van der Waals surface area contributed by atoms with Gasteiger partial charge < -0.3 is 0 Å². The Hall–Kier alpha value is -0.200. The lowest BCUT2D eigenvalue weighted by atomic mass is 10.4. The van der Waals surface area contributed by atoms with Crippen molar-refractivity contribution in [3.63, 3.8) is 0 Å². The molecule has 0 aromatic carbocycles. The molecule has 60 valence electrons. The zero-order chi connectivity index (χ0) is 8.58. The summed E-state index contributed by atoms with van der Waals surface area (Å²) in [4.78, 5) is 9.30. The molecule has 0 fully saturated rings. The lowest BCUT2D eigenvalue weighted by Crippen LogP contribution is -2.40. The van der Waals surface area contributed by atoms with Crippen molar-refractivity contribution in [1.82, 2.24) is 0 Å². The second-order valence-electron chi connectivity index (χ2n) is 1.35. The molecule has 1 atom stereocenters. The van der Waals surface area contributed by atoms with Crippen LogP contribution in [0.3, 0.4) is 0 Å². The highest BCUT2D eigenvalue weighted by Crippen LogP contribution is 2.40. The Morgan fingerprint density at radius 3 is 1.50 bits per heavy atom. The molecule has 0 saturated carbocycles. The van der Waals surface area contributed by atoms with Crippen LogP contribution in [0.4, 0.5) is 22.0 Å². The number of alkyl halides is 5. The highest BCUT2D eigenvalue weighted by molar-refractivity contribution is 9.10. The fourth-order valence-corrected chi connectivity index (χ4v) is 0.111. The third-order valence-electron chi connectivity index (χ3n) is 0.603. The van der Waals surface area contributed by atoms with E-state index in [1.54, 1.807) is 0 Å². The molecular weight excluding hydrogens is 227 g/mol. The SMILES string of the molecule is O=C(F)[C@@](F)(Br)C(F)(F)F. The topological polar surface area (TPSA) is 17.1 Å². The summed E-state index contributed by atoms with van der Waals surface area (Å²) in [7, 11) is 0. The van der Waals surface area contributed by atoms with Gasteiger partial charge in [-0.3, -0.25) is 4.79 Å². The van der Waals surface area contributed by atoms with Crippen molar-refractivity contribution in [2.24, 2.45) is 0 Å². The van der Waals surface area contributed by atoms with Gasteiger partial charge >= 0.3 is 16.8 Å². The summed E-state index contributed by atoms with van der Waals surface area (Å²) in [6.07, 6.45) is -5.56. The Morgan fingerprint density at radius 2 is 1.50 bits per heavy atom. The summed E-state index contributed by atoms with van der Waals surface area (Å²) in [5.41, 5.74) is 0. The van der Waals surface area contributed by atoms with Crippen LogP contribution in [0.5, 0.6) is 0 Å². The Morgan fingerprint density at radius 1 is 1.20 bits per heavy atom. The first-order valence-electron chi connectivity index (χ1n) is 1.84. The predicted molar refractivity (Wildman–Crippen MR) is 24.9 cm³/mol. The number of rotatable bonds is 1. The monoisotopic (exact) mass is 226 g/mol. The van der Waals surface area contributed by atoms with E-state index >= 15 is 0 Å². The van der Waals surface area contributed by atoms with Gasteiger partial charge in [-0.25, -0.2) is 4.39 Å². The summed E-state index contributed by atoms with van der Waals surface area (Å²) in [6, 6.07) is -3.11. The van der Waals surface area contributed by atoms with Crippen LogP contribution < -0.4 is 0 Å². The van der Waals surface area contributed by atoms with Gasteiger partial charge in [-0.05, 0) is 15.9 Å². The van der Waals surface area contributed by atoms with Crippen molar-refractivity contribution in [2.75, 3.05) is 0 Å². The molecular formula is C3BrF5O. The minimum atomic E-state index is -5.56. The van der Waals surface area contributed by atoms with Gasteiger partial charge in [0.15, 0.2) is 0 Å². The van der Waals surface area contributed by atoms with Crippen molar-refractivity contribution < 1.29 is 26.7 Å². The molecule has 0 amide bonds. The minimum absolute atomic E-state index is 1.25. The van der Waals surface area contributed by atoms with Crippen LogP contribution in [-0.2, 0) is 4.79 Å². The van der Waals surface area contributed by atoms with E-state index in [9.17, 15) is 26.7 Å². The molecule has 0 aromatic heterocycles. The lowest BCUT2D eigenvalue weighted by Gasteiger charge is -2.15. The molecule has 0 aliphatic rings. The normalized spacial score (nSPS) is 18.2. The molecule has 0 rings (SSSR count). The van der Waals surface area contributed by atoms with Crippen molar-refractivity contribution in [2.45, 2.75) is 10.8 Å². The number of carbonyl (C=O) groups is 1. The third-order valence-corrected chi connectivity index (χ3v) is 1.36. The van der Waals surface area contributed by atoms with E-state index in [-0.39, 0.29) is 0 Å². The molecule has 7 heteroatoms. The molecule has 0 saturated heterocycles. The fraction of sp³-hybridized carbons (Fsp3) is 0.667. The zero-order valence-electron chi connectivity index (χ0n) is 4.18. The fourth-order valence-electron chi connectivity index (χ4n) is 0.111. The largest absolute Gasteiger partial charge is 0.443 e. The van der Waals surface area contributed by atoms with Crippen molar-refractivity contribution in [3.05, 3.63) is 0 Å². The smallest absolute Gasteiger partial charge is 0.256 e. The van der Waals surface area contributed by atoms with Crippen molar-refractivity contribution >= 4 is 22.0 Å². The number of hydrogen-bond donors (Lipinski definition) is 0. The first-order valence-corrected chi connectivity index (χ1v) is 2.63. The van der Waals surface area contributed by atoms with E-state index in [4.69, 9.17) is 0 Å². The van der Waals surface area contributed by atoms with Crippen molar-refractivity contribution in [1.29, 1.82) is 0 Å². The molecule has 0 aliphatic carbocycles. The van der Waals surface area contributed by atoms with Gasteiger partial charge in [-0.2, -0.15) is 17.6 Å². The zero-order valence-corrected chi connectivity index (χ0v) is 5.76. The molecule has 0 aromatic rings. The maximum absolute atomic E-state index is 11.8. The van der Waals surface area contributed by atoms with Crippen LogP contribution in [0.1, 0.15) is 0 Å². The molecule has 0 bridgehead atoms. The molecule has 0 N–H and O–H groups in total. The van der Waals surface area contributed by atoms with Gasteiger partial charge in [0.1, 0.15) is 0 Å². The highest BCUT2D eigenvalue weighted by atomic mass is 79.9. The van der Waals surface area contributed by atoms with E-state index in [1.807, 2.05) is 0 Å². The second-order valence-corrected chi connectivity index (χ2v) is 2.44. The van der Waals surface area contributed by atoms with Gasteiger partial charge in [0.05, 0.1) is 0 Å². The third kappa shape index (κ3) is 1.65. The molecule has 1 nitrogen and oxygen atoms in total. The maximum Gasteiger partial charge on any atom is 0.443 e. The summed E-state index contributed by atoms with van der Waals surface area (Å²) in [6.45, 7) is 0. The minimum Gasteiger partial charge on any atom is -0.256 e. The quantitative estimate of drug-likeness (QED) is 0.380. The summed E-state index contributed by atoms with van der Waals surface area (Å²) < 4.78 is 52.0. The van der Waals surface area contributed by atoms with E-state index in [1.165, 1.54) is 15.9 Å². The van der Waals surface area contributed by atoms with Crippen LogP contribution >= 0.6 is 15.9 Å². The molecule has 10 heavy (non-hydrogen) atoms. The number of halogens is 6. The van der Waals surface area contributed by atoms with Gasteiger partial charge in [0, 0.05) is 0 Å². The van der Waals surface area contributed by atoms with Crippen LogP contribution in [0.2, 0.25) is 0 Å². The van der Waals surface area contributed by atoms with Gasteiger partial charge in [-0.15, -0.1) is 0 Å². The van der Waals surface area contributed by atoms with E-state index in [2.05, 4.69) is 0 Å². The summed E-state index contributed by atoms with van der Waals surface area (Å²) in [5.74, 6) is 0. The molecule has 0 radical (unpaired) electrons.